The maximum Gasteiger partial charge on any atom is 0.348 e. The van der Waals surface area contributed by atoms with E-state index in [0.29, 0.717) is 17.5 Å². The fraction of sp³-hybridized carbons (Fsp3) is 0.214. The molecule has 4 heteroatoms. The lowest BCUT2D eigenvalue weighted by atomic mass is 10.1. The number of hydrogen-bond acceptors (Lipinski definition) is 4. The van der Waals surface area contributed by atoms with E-state index in [1.165, 1.54) is 6.08 Å². The molecule has 0 aromatic heterocycles. The minimum atomic E-state index is -0.660. The van der Waals surface area contributed by atoms with Crippen LogP contribution in [0.4, 0.5) is 0 Å². The van der Waals surface area contributed by atoms with Gasteiger partial charge in [-0.15, -0.1) is 0 Å². The molecule has 0 aliphatic rings. The number of rotatable bonds is 4. The minimum absolute atomic E-state index is 0.105. The number of carbonyl (C=O) groups excluding carboxylic acids is 1. The molecule has 0 spiro atoms. The number of nitriles is 2. The third-order valence-electron chi connectivity index (χ3n) is 2.16. The third kappa shape index (κ3) is 3.47. The van der Waals surface area contributed by atoms with Crippen molar-refractivity contribution >= 4 is 12.0 Å². The van der Waals surface area contributed by atoms with Gasteiger partial charge in [-0.3, -0.25) is 0 Å². The van der Waals surface area contributed by atoms with Crippen LogP contribution in [-0.2, 0) is 9.53 Å². The third-order valence-corrected chi connectivity index (χ3v) is 2.16. The van der Waals surface area contributed by atoms with Crippen LogP contribution in [0.3, 0.4) is 0 Å². The van der Waals surface area contributed by atoms with Crippen LogP contribution in [0.5, 0.6) is 0 Å². The highest BCUT2D eigenvalue weighted by Crippen LogP contribution is 2.12. The van der Waals surface area contributed by atoms with E-state index in [2.05, 4.69) is 0 Å². The summed E-state index contributed by atoms with van der Waals surface area (Å²) in [6, 6.07) is 10.5. The van der Waals surface area contributed by atoms with Crippen LogP contribution in [0.25, 0.3) is 6.08 Å². The van der Waals surface area contributed by atoms with Gasteiger partial charge in [0, 0.05) is 0 Å². The quantitative estimate of drug-likeness (QED) is 0.460. The molecule has 4 nitrogen and oxygen atoms in total. The van der Waals surface area contributed by atoms with Gasteiger partial charge in [0.05, 0.1) is 18.2 Å². The van der Waals surface area contributed by atoms with Crippen LogP contribution < -0.4 is 0 Å². The van der Waals surface area contributed by atoms with Gasteiger partial charge in [0.15, 0.2) is 0 Å². The maximum atomic E-state index is 11.5. The zero-order valence-corrected chi connectivity index (χ0v) is 10.0. The molecule has 0 unspecified atom stereocenters. The molecular weight excluding hydrogens is 228 g/mol. The lowest BCUT2D eigenvalue weighted by Gasteiger charge is -2.02. The van der Waals surface area contributed by atoms with E-state index >= 15 is 0 Å². The smallest absolute Gasteiger partial charge is 0.348 e. The van der Waals surface area contributed by atoms with Crippen molar-refractivity contribution in [2.45, 2.75) is 13.3 Å². The molecule has 90 valence electrons. The van der Waals surface area contributed by atoms with E-state index in [0.717, 1.165) is 0 Å². The van der Waals surface area contributed by atoms with E-state index < -0.39 is 5.97 Å². The molecule has 1 aromatic carbocycles. The summed E-state index contributed by atoms with van der Waals surface area (Å²) in [6.07, 6.45) is 2.07. The van der Waals surface area contributed by atoms with Gasteiger partial charge in [-0.05, 0) is 24.1 Å². The maximum absolute atomic E-state index is 11.5. The molecule has 0 aliphatic heterocycles. The van der Waals surface area contributed by atoms with Gasteiger partial charge >= 0.3 is 5.97 Å². The molecule has 0 atom stereocenters. The van der Waals surface area contributed by atoms with Crippen molar-refractivity contribution < 1.29 is 9.53 Å². The Morgan fingerprint density at radius 2 is 2.11 bits per heavy atom. The van der Waals surface area contributed by atoms with Gasteiger partial charge in [0.25, 0.3) is 0 Å². The fourth-order valence-electron chi connectivity index (χ4n) is 1.29. The summed E-state index contributed by atoms with van der Waals surface area (Å²) in [5, 5.41) is 17.8. The normalized spacial score (nSPS) is 10.3. The molecule has 0 heterocycles. The predicted molar refractivity (Wildman–Crippen MR) is 66.0 cm³/mol. The molecule has 0 saturated heterocycles. The highest BCUT2D eigenvalue weighted by atomic mass is 16.5. The number of benzene rings is 1. The standard InChI is InChI=1S/C14H12N2O2/c1-2-7-18-14(17)13(10-16)8-11-5-3-4-6-12(11)9-15/h3-6,8H,2,7H2,1H3. The summed E-state index contributed by atoms with van der Waals surface area (Å²) in [4.78, 5) is 11.5. The second-order valence-electron chi connectivity index (χ2n) is 3.50. The average molecular weight is 240 g/mol. The van der Waals surface area contributed by atoms with Crippen molar-refractivity contribution in [2.75, 3.05) is 6.61 Å². The Bertz CT molecular complexity index is 548. The fourth-order valence-corrected chi connectivity index (χ4v) is 1.29. The first-order valence-corrected chi connectivity index (χ1v) is 5.51. The Morgan fingerprint density at radius 3 is 2.72 bits per heavy atom. The lowest BCUT2D eigenvalue weighted by Crippen LogP contribution is -2.07. The molecule has 1 rings (SSSR count). The Labute approximate surface area is 106 Å². The van der Waals surface area contributed by atoms with Gasteiger partial charge in [-0.25, -0.2) is 4.79 Å². The average Bonchev–Trinajstić information content (AvgIpc) is 2.42. The molecule has 0 N–H and O–H groups in total. The Hall–Kier alpha value is -2.59. The monoisotopic (exact) mass is 240 g/mol. The lowest BCUT2D eigenvalue weighted by molar-refractivity contribution is -0.138. The number of carbonyl (C=O) groups is 1. The molecule has 0 saturated carbocycles. The Morgan fingerprint density at radius 1 is 1.39 bits per heavy atom. The van der Waals surface area contributed by atoms with E-state index in [-0.39, 0.29) is 12.2 Å². The van der Waals surface area contributed by atoms with Gasteiger partial charge in [0.1, 0.15) is 11.6 Å². The van der Waals surface area contributed by atoms with E-state index in [1.807, 2.05) is 13.0 Å². The van der Waals surface area contributed by atoms with Crippen molar-refractivity contribution in [1.82, 2.24) is 0 Å². The zero-order chi connectivity index (χ0) is 13.4. The van der Waals surface area contributed by atoms with Crippen LogP contribution in [0.2, 0.25) is 0 Å². The molecular formula is C14H12N2O2. The summed E-state index contributed by atoms with van der Waals surface area (Å²) in [7, 11) is 0. The second kappa shape index (κ2) is 6.88. The van der Waals surface area contributed by atoms with Crippen LogP contribution in [0.15, 0.2) is 29.8 Å². The van der Waals surface area contributed by atoms with E-state index in [9.17, 15) is 4.79 Å². The molecule has 0 bridgehead atoms. The first-order chi connectivity index (χ1) is 8.72. The largest absolute Gasteiger partial charge is 0.462 e. The van der Waals surface area contributed by atoms with E-state index in [4.69, 9.17) is 15.3 Å². The van der Waals surface area contributed by atoms with Crippen molar-refractivity contribution in [3.05, 3.63) is 41.0 Å². The topological polar surface area (TPSA) is 73.9 Å². The number of esters is 1. The molecule has 0 radical (unpaired) electrons. The summed E-state index contributed by atoms with van der Waals surface area (Å²) in [6.45, 7) is 2.14. The molecule has 1 aromatic rings. The summed E-state index contributed by atoms with van der Waals surface area (Å²) in [5.41, 5.74) is 0.838. The summed E-state index contributed by atoms with van der Waals surface area (Å²) in [5.74, 6) is -0.660. The highest BCUT2D eigenvalue weighted by molar-refractivity contribution is 5.98. The number of hydrogen-bond donors (Lipinski definition) is 0. The van der Waals surface area contributed by atoms with E-state index in [1.54, 1.807) is 30.3 Å². The predicted octanol–water partition coefficient (Wildman–Crippen LogP) is 2.42. The van der Waals surface area contributed by atoms with Crippen molar-refractivity contribution in [3.63, 3.8) is 0 Å². The first kappa shape index (κ1) is 13.5. The Kier molecular flexibility index (Phi) is 5.15. The highest BCUT2D eigenvalue weighted by Gasteiger charge is 2.11. The van der Waals surface area contributed by atoms with Crippen LogP contribution in [-0.4, -0.2) is 12.6 Å². The van der Waals surface area contributed by atoms with Crippen molar-refractivity contribution in [3.8, 4) is 12.1 Å². The van der Waals surface area contributed by atoms with Gasteiger partial charge < -0.3 is 4.74 Å². The van der Waals surface area contributed by atoms with Gasteiger partial charge in [0.2, 0.25) is 0 Å². The van der Waals surface area contributed by atoms with Crippen LogP contribution >= 0.6 is 0 Å². The van der Waals surface area contributed by atoms with Crippen LogP contribution in [0.1, 0.15) is 24.5 Å². The molecule has 0 aliphatic carbocycles. The zero-order valence-electron chi connectivity index (χ0n) is 10.0. The second-order valence-corrected chi connectivity index (χ2v) is 3.50. The minimum Gasteiger partial charge on any atom is -0.462 e. The summed E-state index contributed by atoms with van der Waals surface area (Å²) >= 11 is 0. The van der Waals surface area contributed by atoms with Crippen molar-refractivity contribution in [2.24, 2.45) is 0 Å². The van der Waals surface area contributed by atoms with Gasteiger partial charge in [-0.2, -0.15) is 10.5 Å². The number of ether oxygens (including phenoxy) is 1. The first-order valence-electron chi connectivity index (χ1n) is 5.51. The number of nitrogens with zero attached hydrogens (tertiary/aromatic N) is 2. The molecule has 0 fully saturated rings. The van der Waals surface area contributed by atoms with Gasteiger partial charge in [-0.1, -0.05) is 25.1 Å². The molecule has 0 amide bonds. The van der Waals surface area contributed by atoms with Crippen LogP contribution in [0, 0.1) is 22.7 Å². The SMILES string of the molecule is CCCOC(=O)C(C#N)=Cc1ccccc1C#N. The summed E-state index contributed by atoms with van der Waals surface area (Å²) < 4.78 is 4.88. The molecule has 18 heavy (non-hydrogen) atoms. The Balaban J connectivity index is 3.02. The van der Waals surface area contributed by atoms with Crippen molar-refractivity contribution in [1.29, 1.82) is 10.5 Å².